The maximum atomic E-state index is 10.1. The molecule has 0 aliphatic heterocycles. The van der Waals surface area contributed by atoms with Crippen molar-refractivity contribution in [1.82, 2.24) is 0 Å². The zero-order valence-electron chi connectivity index (χ0n) is 23.1. The summed E-state index contributed by atoms with van der Waals surface area (Å²) in [5.74, 6) is 1.51. The lowest BCUT2D eigenvalue weighted by atomic mass is 9.67. The van der Waals surface area contributed by atoms with Crippen LogP contribution in [0.2, 0.25) is 0 Å². The van der Waals surface area contributed by atoms with Gasteiger partial charge in [0.05, 0.1) is 18.1 Å². The number of benzene rings is 2. The van der Waals surface area contributed by atoms with Gasteiger partial charge < -0.3 is 4.74 Å². The molecule has 1 aliphatic carbocycles. The van der Waals surface area contributed by atoms with E-state index in [0.717, 1.165) is 50.9 Å². The average molecular weight is 488 g/mol. The van der Waals surface area contributed by atoms with Crippen molar-refractivity contribution in [3.8, 4) is 22.9 Å². The first-order valence-corrected chi connectivity index (χ1v) is 14.9. The second-order valence-electron chi connectivity index (χ2n) is 11.1. The van der Waals surface area contributed by atoms with Crippen LogP contribution in [0.3, 0.4) is 0 Å². The Morgan fingerprint density at radius 2 is 1.39 bits per heavy atom. The largest absolute Gasteiger partial charge is 0.494 e. The Balaban J connectivity index is 1.53. The van der Waals surface area contributed by atoms with Crippen molar-refractivity contribution in [1.29, 1.82) is 5.26 Å². The van der Waals surface area contributed by atoms with Gasteiger partial charge in [-0.3, -0.25) is 0 Å². The minimum Gasteiger partial charge on any atom is -0.494 e. The number of hydrogen-bond donors (Lipinski definition) is 0. The molecule has 1 fully saturated rings. The van der Waals surface area contributed by atoms with E-state index in [2.05, 4.69) is 68.4 Å². The Bertz CT molecular complexity index is 902. The van der Waals surface area contributed by atoms with E-state index in [1.165, 1.54) is 80.9 Å². The van der Waals surface area contributed by atoms with Gasteiger partial charge in [-0.15, -0.1) is 0 Å². The molecule has 0 atom stereocenters. The maximum Gasteiger partial charge on any atom is 0.119 e. The molecule has 0 saturated heterocycles. The zero-order valence-corrected chi connectivity index (χ0v) is 23.1. The van der Waals surface area contributed by atoms with Crippen LogP contribution in [-0.4, -0.2) is 6.61 Å². The van der Waals surface area contributed by atoms with E-state index in [-0.39, 0.29) is 5.41 Å². The summed E-state index contributed by atoms with van der Waals surface area (Å²) < 4.78 is 5.96. The molecule has 0 radical (unpaired) electrons. The predicted molar refractivity (Wildman–Crippen MR) is 153 cm³/mol. The molecule has 0 N–H and O–H groups in total. The summed E-state index contributed by atoms with van der Waals surface area (Å²) >= 11 is 0. The minimum absolute atomic E-state index is 0.0923. The highest BCUT2D eigenvalue weighted by Crippen LogP contribution is 2.47. The fourth-order valence-electron chi connectivity index (χ4n) is 5.89. The van der Waals surface area contributed by atoms with Gasteiger partial charge in [-0.05, 0) is 73.3 Å². The van der Waals surface area contributed by atoms with Crippen LogP contribution >= 0.6 is 0 Å². The minimum atomic E-state index is -0.0923. The average Bonchev–Trinajstić information content (AvgIpc) is 2.93. The Morgan fingerprint density at radius 3 is 2.06 bits per heavy atom. The van der Waals surface area contributed by atoms with E-state index in [4.69, 9.17) is 4.74 Å². The van der Waals surface area contributed by atoms with Crippen LogP contribution in [0.5, 0.6) is 5.75 Å². The normalized spacial score (nSPS) is 19.6. The quantitative estimate of drug-likeness (QED) is 0.221. The molecule has 36 heavy (non-hydrogen) atoms. The standard InChI is InChI=1S/C34H49NO/c1-3-5-7-9-10-11-14-24-34(28-35)25-22-30(23-26-34)33-17-13-12-16-32(33)29-18-20-31(21-19-29)36-27-15-8-6-4-2/h12-13,16-21,30H,3-11,14-15,22-27H2,1-2H3. The molecule has 1 aliphatic rings. The summed E-state index contributed by atoms with van der Waals surface area (Å²) in [6.45, 7) is 5.31. The van der Waals surface area contributed by atoms with Crippen LogP contribution in [0.4, 0.5) is 0 Å². The second kappa shape index (κ2) is 15.8. The lowest BCUT2D eigenvalue weighted by molar-refractivity contribution is 0.223. The van der Waals surface area contributed by atoms with Crippen molar-refractivity contribution in [2.24, 2.45) is 5.41 Å². The summed E-state index contributed by atoms with van der Waals surface area (Å²) in [6.07, 6.45) is 19.6. The van der Waals surface area contributed by atoms with Crippen molar-refractivity contribution in [2.75, 3.05) is 6.61 Å². The second-order valence-corrected chi connectivity index (χ2v) is 11.1. The molecule has 0 bridgehead atoms. The number of nitrogens with zero attached hydrogens (tertiary/aromatic N) is 1. The molecule has 0 amide bonds. The fraction of sp³-hybridized carbons (Fsp3) is 0.618. The molecule has 0 spiro atoms. The van der Waals surface area contributed by atoms with Gasteiger partial charge in [-0.2, -0.15) is 5.26 Å². The summed E-state index contributed by atoms with van der Waals surface area (Å²) in [7, 11) is 0. The molecule has 3 rings (SSSR count). The van der Waals surface area contributed by atoms with Crippen LogP contribution in [0.1, 0.15) is 128 Å². The van der Waals surface area contributed by atoms with E-state index in [9.17, 15) is 5.26 Å². The van der Waals surface area contributed by atoms with Crippen molar-refractivity contribution in [3.05, 3.63) is 54.1 Å². The molecule has 0 aromatic heterocycles. The first-order valence-electron chi connectivity index (χ1n) is 14.9. The van der Waals surface area contributed by atoms with Crippen molar-refractivity contribution in [2.45, 2.75) is 122 Å². The number of unbranched alkanes of at least 4 members (excludes halogenated alkanes) is 9. The summed E-state index contributed by atoms with van der Waals surface area (Å²) in [4.78, 5) is 0. The molecule has 196 valence electrons. The van der Waals surface area contributed by atoms with Gasteiger partial charge in [0.15, 0.2) is 0 Å². The molecule has 2 heteroatoms. The van der Waals surface area contributed by atoms with Gasteiger partial charge >= 0.3 is 0 Å². The van der Waals surface area contributed by atoms with Gasteiger partial charge in [0.1, 0.15) is 5.75 Å². The molecular formula is C34H49NO. The van der Waals surface area contributed by atoms with Crippen LogP contribution in [0, 0.1) is 16.7 Å². The topological polar surface area (TPSA) is 33.0 Å². The first-order chi connectivity index (χ1) is 17.7. The third kappa shape index (κ3) is 8.69. The van der Waals surface area contributed by atoms with E-state index < -0.39 is 0 Å². The SMILES string of the molecule is CCCCCCCCCC1(C#N)CCC(c2ccccc2-c2ccc(OCCCCCC)cc2)CC1. The highest BCUT2D eigenvalue weighted by atomic mass is 16.5. The highest BCUT2D eigenvalue weighted by Gasteiger charge is 2.35. The van der Waals surface area contributed by atoms with E-state index >= 15 is 0 Å². The molecule has 2 nitrogen and oxygen atoms in total. The summed E-state index contributed by atoms with van der Waals surface area (Å²) in [6, 6.07) is 20.3. The molecule has 0 unspecified atom stereocenters. The van der Waals surface area contributed by atoms with Crippen LogP contribution in [-0.2, 0) is 0 Å². The molecular weight excluding hydrogens is 438 g/mol. The highest BCUT2D eigenvalue weighted by molar-refractivity contribution is 5.68. The van der Waals surface area contributed by atoms with Crippen molar-refractivity contribution < 1.29 is 4.74 Å². The fourth-order valence-corrected chi connectivity index (χ4v) is 5.89. The van der Waals surface area contributed by atoms with Gasteiger partial charge in [-0.25, -0.2) is 0 Å². The molecule has 2 aromatic rings. The Hall–Kier alpha value is -2.27. The molecule has 0 heterocycles. The number of nitriles is 1. The predicted octanol–water partition coefficient (Wildman–Crippen LogP) is 10.6. The van der Waals surface area contributed by atoms with Crippen molar-refractivity contribution in [3.63, 3.8) is 0 Å². The monoisotopic (exact) mass is 487 g/mol. The zero-order chi connectivity index (χ0) is 25.5. The van der Waals surface area contributed by atoms with Gasteiger partial charge in [-0.1, -0.05) is 114 Å². The van der Waals surface area contributed by atoms with Crippen LogP contribution in [0.25, 0.3) is 11.1 Å². The summed E-state index contributed by atoms with van der Waals surface area (Å²) in [5, 5.41) is 10.1. The van der Waals surface area contributed by atoms with Gasteiger partial charge in [0.25, 0.3) is 0 Å². The number of hydrogen-bond acceptors (Lipinski definition) is 2. The lowest BCUT2D eigenvalue weighted by Gasteiger charge is -2.36. The molecule has 2 aromatic carbocycles. The third-order valence-electron chi connectivity index (χ3n) is 8.27. The lowest BCUT2D eigenvalue weighted by Crippen LogP contribution is -2.25. The Kier molecular flexibility index (Phi) is 12.4. The molecule has 1 saturated carbocycles. The van der Waals surface area contributed by atoms with Gasteiger partial charge in [0, 0.05) is 0 Å². The van der Waals surface area contributed by atoms with E-state index in [1.54, 1.807) is 0 Å². The van der Waals surface area contributed by atoms with Crippen molar-refractivity contribution >= 4 is 0 Å². The maximum absolute atomic E-state index is 10.1. The first kappa shape index (κ1) is 28.3. The Morgan fingerprint density at radius 1 is 0.778 bits per heavy atom. The van der Waals surface area contributed by atoms with E-state index in [0.29, 0.717) is 5.92 Å². The van der Waals surface area contributed by atoms with Gasteiger partial charge in [0.2, 0.25) is 0 Å². The smallest absolute Gasteiger partial charge is 0.119 e. The summed E-state index contributed by atoms with van der Waals surface area (Å²) in [5.41, 5.74) is 3.97. The van der Waals surface area contributed by atoms with Crippen LogP contribution < -0.4 is 4.74 Å². The van der Waals surface area contributed by atoms with Crippen LogP contribution in [0.15, 0.2) is 48.5 Å². The van der Waals surface area contributed by atoms with E-state index in [1.807, 2.05) is 0 Å². The number of rotatable bonds is 16. The third-order valence-corrected chi connectivity index (χ3v) is 8.27. The number of ether oxygens (including phenoxy) is 1. The Labute approximate surface area is 221 Å².